The van der Waals surface area contributed by atoms with Crippen LogP contribution in [0.15, 0.2) is 53.2 Å². The Morgan fingerprint density at radius 3 is 2.05 bits per heavy atom. The third-order valence-electron chi connectivity index (χ3n) is 3.92. The van der Waals surface area contributed by atoms with E-state index in [1.54, 1.807) is 12.4 Å². The van der Waals surface area contributed by atoms with E-state index in [1.807, 2.05) is 24.3 Å². The molecule has 0 saturated carbocycles. The molecular formula is C18H19N3O. The number of aromatic nitrogens is 3. The second-order valence-electron chi connectivity index (χ2n) is 5.27. The molecule has 0 fully saturated rings. The summed E-state index contributed by atoms with van der Waals surface area (Å²) >= 11 is 0. The molecule has 4 nitrogen and oxygen atoms in total. The number of pyridine rings is 1. The lowest BCUT2D eigenvalue weighted by atomic mass is 10.0. The van der Waals surface area contributed by atoms with Crippen molar-refractivity contribution in [3.63, 3.8) is 0 Å². The molecule has 0 aliphatic heterocycles. The van der Waals surface area contributed by atoms with Crippen molar-refractivity contribution in [1.29, 1.82) is 0 Å². The van der Waals surface area contributed by atoms with Crippen LogP contribution in [0.3, 0.4) is 0 Å². The van der Waals surface area contributed by atoms with Gasteiger partial charge in [0.2, 0.25) is 11.8 Å². The largest absolute Gasteiger partial charge is 0.420 e. The van der Waals surface area contributed by atoms with Gasteiger partial charge in [0.05, 0.1) is 0 Å². The number of nitrogens with zero attached hydrogens (tertiary/aromatic N) is 3. The molecule has 0 spiro atoms. The lowest BCUT2D eigenvalue weighted by Gasteiger charge is -2.05. The Labute approximate surface area is 130 Å². The molecular weight excluding hydrogens is 274 g/mol. The average Bonchev–Trinajstić information content (AvgIpc) is 3.07. The van der Waals surface area contributed by atoms with E-state index in [2.05, 4.69) is 41.2 Å². The summed E-state index contributed by atoms with van der Waals surface area (Å²) in [4.78, 5) is 4.04. The molecule has 1 aromatic carbocycles. The van der Waals surface area contributed by atoms with Gasteiger partial charge in [0, 0.05) is 23.9 Å². The Morgan fingerprint density at radius 1 is 0.818 bits per heavy atom. The van der Waals surface area contributed by atoms with Crippen LogP contribution in [-0.4, -0.2) is 15.2 Å². The fourth-order valence-electron chi connectivity index (χ4n) is 2.50. The summed E-state index contributed by atoms with van der Waals surface area (Å²) in [5.41, 5.74) is 3.23. The first kappa shape index (κ1) is 14.4. The van der Waals surface area contributed by atoms with Crippen LogP contribution in [0.4, 0.5) is 0 Å². The van der Waals surface area contributed by atoms with E-state index >= 15 is 0 Å². The van der Waals surface area contributed by atoms with Gasteiger partial charge in [-0.1, -0.05) is 26.0 Å². The molecule has 4 heteroatoms. The van der Waals surface area contributed by atoms with E-state index in [0.29, 0.717) is 11.8 Å². The number of benzene rings is 1. The molecule has 3 aromatic rings. The van der Waals surface area contributed by atoms with E-state index in [-0.39, 0.29) is 0 Å². The van der Waals surface area contributed by atoms with Crippen molar-refractivity contribution in [2.24, 2.45) is 0 Å². The third-order valence-corrected chi connectivity index (χ3v) is 3.92. The van der Waals surface area contributed by atoms with Crippen LogP contribution in [0, 0.1) is 0 Å². The average molecular weight is 293 g/mol. The maximum atomic E-state index is 5.83. The van der Waals surface area contributed by atoms with Crippen LogP contribution >= 0.6 is 0 Å². The number of hydrogen-bond donors (Lipinski definition) is 0. The molecule has 0 unspecified atom stereocenters. The predicted octanol–water partition coefficient (Wildman–Crippen LogP) is 4.70. The predicted molar refractivity (Wildman–Crippen MR) is 86.3 cm³/mol. The smallest absolute Gasteiger partial charge is 0.247 e. The van der Waals surface area contributed by atoms with Crippen molar-refractivity contribution in [2.75, 3.05) is 0 Å². The lowest BCUT2D eigenvalue weighted by Crippen LogP contribution is -1.95. The fraction of sp³-hybridized carbons (Fsp3) is 0.278. The molecule has 0 amide bonds. The molecule has 0 saturated heterocycles. The summed E-state index contributed by atoms with van der Waals surface area (Å²) in [6.07, 6.45) is 5.62. The maximum Gasteiger partial charge on any atom is 0.247 e. The van der Waals surface area contributed by atoms with Crippen LogP contribution in [0.5, 0.6) is 0 Å². The highest BCUT2D eigenvalue weighted by molar-refractivity contribution is 5.66. The maximum absolute atomic E-state index is 5.83. The minimum absolute atomic E-state index is 0.345. The van der Waals surface area contributed by atoms with Crippen LogP contribution in [0.2, 0.25) is 0 Å². The molecule has 3 rings (SSSR count). The van der Waals surface area contributed by atoms with Crippen LogP contribution in [-0.2, 0) is 0 Å². The topological polar surface area (TPSA) is 51.8 Å². The molecule has 0 N–H and O–H groups in total. The van der Waals surface area contributed by atoms with Gasteiger partial charge in [-0.2, -0.15) is 0 Å². The van der Waals surface area contributed by atoms with Gasteiger partial charge in [0.15, 0.2) is 0 Å². The number of hydrogen-bond acceptors (Lipinski definition) is 4. The molecule has 0 aliphatic carbocycles. The van der Waals surface area contributed by atoms with Crippen LogP contribution in [0.1, 0.15) is 38.5 Å². The second-order valence-corrected chi connectivity index (χ2v) is 5.27. The molecule has 0 bridgehead atoms. The normalized spacial score (nSPS) is 11.0. The molecule has 0 aliphatic rings. The minimum Gasteiger partial charge on any atom is -0.420 e. The van der Waals surface area contributed by atoms with E-state index in [4.69, 9.17) is 4.42 Å². The summed E-state index contributed by atoms with van der Waals surface area (Å²) in [5, 5.41) is 8.37. The Hall–Kier alpha value is -2.49. The molecule has 112 valence electrons. The van der Waals surface area contributed by atoms with E-state index in [1.165, 1.54) is 0 Å². The van der Waals surface area contributed by atoms with E-state index in [9.17, 15) is 0 Å². The fourth-order valence-corrected chi connectivity index (χ4v) is 2.50. The van der Waals surface area contributed by atoms with Crippen molar-refractivity contribution in [3.8, 4) is 22.6 Å². The van der Waals surface area contributed by atoms with Crippen molar-refractivity contribution in [2.45, 2.75) is 32.6 Å². The highest BCUT2D eigenvalue weighted by Gasteiger charge is 2.15. The summed E-state index contributed by atoms with van der Waals surface area (Å²) < 4.78 is 5.83. The number of rotatable bonds is 5. The zero-order chi connectivity index (χ0) is 15.4. The third kappa shape index (κ3) is 2.91. The van der Waals surface area contributed by atoms with E-state index < -0.39 is 0 Å². The zero-order valence-corrected chi connectivity index (χ0v) is 12.9. The molecule has 0 atom stereocenters. The molecule has 2 heterocycles. The SMILES string of the molecule is CCC(CC)c1nnc(-c2ccc(-c3ccncc3)cc2)o1. The monoisotopic (exact) mass is 293 g/mol. The highest BCUT2D eigenvalue weighted by Crippen LogP contribution is 2.27. The summed E-state index contributed by atoms with van der Waals surface area (Å²) in [5.74, 6) is 1.67. The zero-order valence-electron chi connectivity index (χ0n) is 12.9. The quantitative estimate of drug-likeness (QED) is 0.684. The molecule has 0 radical (unpaired) electrons. The standard InChI is InChI=1S/C18H19N3O/c1-3-13(4-2)17-20-21-18(22-17)16-7-5-14(6-8-16)15-9-11-19-12-10-15/h5-13H,3-4H2,1-2H3. The van der Waals surface area contributed by atoms with Crippen molar-refractivity contribution in [3.05, 3.63) is 54.7 Å². The van der Waals surface area contributed by atoms with Gasteiger partial charge < -0.3 is 4.42 Å². The van der Waals surface area contributed by atoms with Crippen molar-refractivity contribution in [1.82, 2.24) is 15.2 Å². The van der Waals surface area contributed by atoms with Gasteiger partial charge in [-0.05, 0) is 48.2 Å². The molecule has 22 heavy (non-hydrogen) atoms. The second kappa shape index (κ2) is 6.52. The first-order chi connectivity index (χ1) is 10.8. The minimum atomic E-state index is 0.345. The van der Waals surface area contributed by atoms with Crippen LogP contribution < -0.4 is 0 Å². The van der Waals surface area contributed by atoms with Crippen molar-refractivity contribution >= 4 is 0 Å². The highest BCUT2D eigenvalue weighted by atomic mass is 16.4. The van der Waals surface area contributed by atoms with Gasteiger partial charge in [0.1, 0.15) is 0 Å². The molecule has 2 aromatic heterocycles. The Morgan fingerprint density at radius 2 is 1.41 bits per heavy atom. The first-order valence-corrected chi connectivity index (χ1v) is 7.66. The van der Waals surface area contributed by atoms with Crippen molar-refractivity contribution < 1.29 is 4.42 Å². The van der Waals surface area contributed by atoms with Gasteiger partial charge >= 0.3 is 0 Å². The summed E-state index contributed by atoms with van der Waals surface area (Å²) in [6.45, 7) is 4.28. The van der Waals surface area contributed by atoms with Crippen LogP contribution in [0.25, 0.3) is 22.6 Å². The summed E-state index contributed by atoms with van der Waals surface area (Å²) in [6, 6.07) is 12.1. The van der Waals surface area contributed by atoms with Gasteiger partial charge in [-0.25, -0.2) is 0 Å². The van der Waals surface area contributed by atoms with Gasteiger partial charge in [0.25, 0.3) is 0 Å². The lowest BCUT2D eigenvalue weighted by molar-refractivity contribution is 0.439. The Kier molecular flexibility index (Phi) is 4.28. The van der Waals surface area contributed by atoms with Gasteiger partial charge in [-0.15, -0.1) is 10.2 Å². The van der Waals surface area contributed by atoms with E-state index in [0.717, 1.165) is 35.4 Å². The Bertz CT molecular complexity index is 716. The first-order valence-electron chi connectivity index (χ1n) is 7.66. The summed E-state index contributed by atoms with van der Waals surface area (Å²) in [7, 11) is 0. The van der Waals surface area contributed by atoms with Gasteiger partial charge in [-0.3, -0.25) is 4.98 Å². The Balaban J connectivity index is 1.84.